The predicted molar refractivity (Wildman–Crippen MR) is 144 cm³/mol. The van der Waals surface area contributed by atoms with Gasteiger partial charge < -0.3 is 19.7 Å². The minimum atomic E-state index is -0.589. The molecule has 1 aliphatic rings. The highest BCUT2D eigenvalue weighted by molar-refractivity contribution is 6.10. The zero-order valence-corrected chi connectivity index (χ0v) is 22.6. The fourth-order valence-electron chi connectivity index (χ4n) is 3.91. The number of unbranched alkanes of at least 4 members (excludes halogenated alkanes) is 6. The summed E-state index contributed by atoms with van der Waals surface area (Å²) in [7, 11) is 0. The Morgan fingerprint density at radius 1 is 0.722 bits per heavy atom. The Morgan fingerprint density at radius 3 is 1.44 bits per heavy atom. The average Bonchev–Trinajstić information content (AvgIpc) is 2.84. The summed E-state index contributed by atoms with van der Waals surface area (Å²) in [6, 6.07) is -0.431. The van der Waals surface area contributed by atoms with Gasteiger partial charge in [0.1, 0.15) is 22.7 Å². The maximum absolute atomic E-state index is 12.4. The summed E-state index contributed by atoms with van der Waals surface area (Å²) in [6.45, 7) is 7.72. The van der Waals surface area contributed by atoms with E-state index in [9.17, 15) is 19.8 Å². The van der Waals surface area contributed by atoms with Crippen molar-refractivity contribution in [2.45, 2.75) is 117 Å². The molecule has 0 aromatic carbocycles. The first-order valence-electron chi connectivity index (χ1n) is 13.5. The molecular formula is C28H46N2O6. The monoisotopic (exact) mass is 506 g/mol. The number of hydrogen-bond donors (Lipinski definition) is 2. The lowest BCUT2D eigenvalue weighted by Crippen LogP contribution is -2.28. The van der Waals surface area contributed by atoms with Crippen molar-refractivity contribution in [3.05, 3.63) is 22.7 Å². The normalized spacial score (nSPS) is 19.8. The minimum absolute atomic E-state index is 0.0391. The van der Waals surface area contributed by atoms with Crippen LogP contribution in [0.25, 0.3) is 0 Å². The van der Waals surface area contributed by atoms with Crippen LogP contribution < -0.4 is 0 Å². The van der Waals surface area contributed by atoms with E-state index in [4.69, 9.17) is 9.47 Å². The largest absolute Gasteiger partial charge is 0.512 e. The van der Waals surface area contributed by atoms with Gasteiger partial charge in [-0.2, -0.15) is 0 Å². The van der Waals surface area contributed by atoms with Crippen LogP contribution in [0.2, 0.25) is 0 Å². The first-order valence-corrected chi connectivity index (χ1v) is 13.5. The SMILES string of the molecule is CCCCCCOC(=O)/C(C=N[C@H]1CCCC[C@H]1N=C/C(C(=O)OCCCCCC)=C(/C)O)=C(/C)O. The maximum Gasteiger partial charge on any atom is 0.343 e. The highest BCUT2D eigenvalue weighted by Gasteiger charge is 2.25. The number of allylic oxidation sites excluding steroid dienone is 2. The Labute approximate surface area is 216 Å². The Morgan fingerprint density at radius 2 is 1.11 bits per heavy atom. The molecule has 0 aromatic heterocycles. The second-order valence-corrected chi connectivity index (χ2v) is 9.37. The number of esters is 2. The van der Waals surface area contributed by atoms with Gasteiger partial charge in [-0.15, -0.1) is 0 Å². The molecule has 8 heteroatoms. The molecule has 0 amide bonds. The third kappa shape index (κ3) is 12.4. The van der Waals surface area contributed by atoms with E-state index in [0.29, 0.717) is 13.2 Å². The molecule has 204 valence electrons. The molecule has 0 unspecified atom stereocenters. The Bertz CT molecular complexity index is 726. The van der Waals surface area contributed by atoms with E-state index in [1.54, 1.807) is 0 Å². The molecule has 1 aliphatic carbocycles. The highest BCUT2D eigenvalue weighted by atomic mass is 16.5. The topological polar surface area (TPSA) is 118 Å². The Balaban J connectivity index is 2.81. The van der Waals surface area contributed by atoms with E-state index in [0.717, 1.165) is 77.0 Å². The van der Waals surface area contributed by atoms with Crippen molar-refractivity contribution in [2.24, 2.45) is 9.98 Å². The third-order valence-corrected chi connectivity index (χ3v) is 6.17. The van der Waals surface area contributed by atoms with E-state index in [2.05, 4.69) is 23.8 Å². The summed E-state index contributed by atoms with van der Waals surface area (Å²) in [5.74, 6) is -1.46. The molecule has 2 N–H and O–H groups in total. The molecular weight excluding hydrogens is 460 g/mol. The first-order chi connectivity index (χ1) is 17.3. The summed E-state index contributed by atoms with van der Waals surface area (Å²) in [6.07, 6.45) is 14.2. The number of rotatable bonds is 16. The number of aliphatic hydroxyl groups excluding tert-OH is 2. The first kappa shape index (κ1) is 31.4. The molecule has 0 spiro atoms. The predicted octanol–water partition coefficient (Wildman–Crippen LogP) is 6.35. The molecule has 1 saturated carbocycles. The van der Waals surface area contributed by atoms with E-state index < -0.39 is 11.9 Å². The van der Waals surface area contributed by atoms with Crippen molar-refractivity contribution in [2.75, 3.05) is 13.2 Å². The van der Waals surface area contributed by atoms with Gasteiger partial charge in [-0.05, 0) is 39.5 Å². The van der Waals surface area contributed by atoms with Gasteiger partial charge in [0.2, 0.25) is 0 Å². The molecule has 1 fully saturated rings. The molecule has 0 radical (unpaired) electrons. The van der Waals surface area contributed by atoms with Crippen LogP contribution in [-0.2, 0) is 19.1 Å². The molecule has 0 heterocycles. The number of carbonyl (C=O) groups excluding carboxylic acids is 2. The highest BCUT2D eigenvalue weighted by Crippen LogP contribution is 2.24. The molecule has 1 rings (SSSR count). The van der Waals surface area contributed by atoms with Crippen LogP contribution in [0, 0.1) is 0 Å². The Hall–Kier alpha value is -2.64. The average molecular weight is 507 g/mol. The standard InChI is InChI=1S/C28H46N2O6/c1-5-7-9-13-17-35-27(33)23(21(3)31)19-29-25-15-11-12-16-26(25)30-20-24(22(4)32)28(34)36-18-14-10-8-6-2/h19-20,25-26,31-32H,5-18H2,1-4H3/b23-21-,24-22+,29-19?,30-20?/t25-,26+/m0/s1. The smallest absolute Gasteiger partial charge is 0.343 e. The van der Waals surface area contributed by atoms with Gasteiger partial charge in [0.05, 0.1) is 25.3 Å². The molecule has 2 atom stereocenters. The zero-order valence-electron chi connectivity index (χ0n) is 22.6. The summed E-state index contributed by atoms with van der Waals surface area (Å²) < 4.78 is 10.6. The molecule has 0 bridgehead atoms. The summed E-state index contributed by atoms with van der Waals surface area (Å²) in [4.78, 5) is 34.0. The van der Waals surface area contributed by atoms with Gasteiger partial charge in [0.25, 0.3) is 0 Å². The zero-order chi connectivity index (χ0) is 26.8. The number of aliphatic imine (C=N–C) groups is 2. The quantitative estimate of drug-likeness (QED) is 0.0828. The minimum Gasteiger partial charge on any atom is -0.512 e. The van der Waals surface area contributed by atoms with Gasteiger partial charge in [-0.1, -0.05) is 65.2 Å². The van der Waals surface area contributed by atoms with Crippen LogP contribution in [0.5, 0.6) is 0 Å². The van der Waals surface area contributed by atoms with E-state index in [-0.39, 0.29) is 34.7 Å². The molecule has 36 heavy (non-hydrogen) atoms. The van der Waals surface area contributed by atoms with E-state index in [1.165, 1.54) is 26.3 Å². The fraction of sp³-hybridized carbons (Fsp3) is 0.714. The van der Waals surface area contributed by atoms with Crippen molar-refractivity contribution in [1.29, 1.82) is 0 Å². The van der Waals surface area contributed by atoms with Crippen LogP contribution in [0.4, 0.5) is 0 Å². The molecule has 0 aliphatic heterocycles. The lowest BCUT2D eigenvalue weighted by atomic mass is 9.91. The van der Waals surface area contributed by atoms with Gasteiger partial charge in [-0.25, -0.2) is 9.59 Å². The summed E-state index contributed by atoms with van der Waals surface area (Å²) >= 11 is 0. The number of nitrogens with zero attached hydrogens (tertiary/aromatic N) is 2. The van der Waals surface area contributed by atoms with Gasteiger partial charge >= 0.3 is 11.9 Å². The van der Waals surface area contributed by atoms with Crippen LogP contribution >= 0.6 is 0 Å². The molecule has 0 saturated heterocycles. The van der Waals surface area contributed by atoms with Crippen LogP contribution in [-0.4, -0.2) is 59.9 Å². The fourth-order valence-corrected chi connectivity index (χ4v) is 3.91. The second-order valence-electron chi connectivity index (χ2n) is 9.37. The van der Waals surface area contributed by atoms with E-state index >= 15 is 0 Å². The van der Waals surface area contributed by atoms with Gasteiger partial charge in [-0.3, -0.25) is 9.98 Å². The lowest BCUT2D eigenvalue weighted by molar-refractivity contribution is -0.139. The lowest BCUT2D eigenvalue weighted by Gasteiger charge is -2.25. The molecule has 0 aromatic rings. The maximum atomic E-state index is 12.4. The Kier molecular flexibility index (Phi) is 16.2. The number of ether oxygens (including phenoxy) is 2. The van der Waals surface area contributed by atoms with Crippen molar-refractivity contribution in [1.82, 2.24) is 0 Å². The number of carbonyl (C=O) groups is 2. The van der Waals surface area contributed by atoms with Crippen LogP contribution in [0.15, 0.2) is 32.6 Å². The van der Waals surface area contributed by atoms with Gasteiger partial charge in [0, 0.05) is 12.4 Å². The van der Waals surface area contributed by atoms with Crippen molar-refractivity contribution in [3.8, 4) is 0 Å². The molecule has 8 nitrogen and oxygen atoms in total. The number of hydrogen-bond acceptors (Lipinski definition) is 8. The summed E-state index contributed by atoms with van der Waals surface area (Å²) in [5.41, 5.74) is 0.0782. The van der Waals surface area contributed by atoms with E-state index in [1.807, 2.05) is 0 Å². The van der Waals surface area contributed by atoms with Gasteiger partial charge in [0.15, 0.2) is 0 Å². The van der Waals surface area contributed by atoms with Crippen molar-refractivity contribution < 1.29 is 29.3 Å². The van der Waals surface area contributed by atoms with Crippen LogP contribution in [0.3, 0.4) is 0 Å². The number of aliphatic hydroxyl groups is 2. The second kappa shape index (κ2) is 18.6. The van der Waals surface area contributed by atoms with Crippen molar-refractivity contribution in [3.63, 3.8) is 0 Å². The summed E-state index contributed by atoms with van der Waals surface area (Å²) in [5, 5.41) is 20.0. The third-order valence-electron chi connectivity index (χ3n) is 6.17. The van der Waals surface area contributed by atoms with Crippen molar-refractivity contribution >= 4 is 24.4 Å². The van der Waals surface area contributed by atoms with Crippen LogP contribution in [0.1, 0.15) is 105 Å².